The van der Waals surface area contributed by atoms with Gasteiger partial charge in [0.1, 0.15) is 6.61 Å². The summed E-state index contributed by atoms with van der Waals surface area (Å²) in [5.74, 6) is -0.801. The van der Waals surface area contributed by atoms with Gasteiger partial charge >= 0.3 is 19.8 Å². The van der Waals surface area contributed by atoms with Crippen LogP contribution in [0.2, 0.25) is 0 Å². The largest absolute Gasteiger partial charge is 0.472 e. The molecule has 0 aromatic rings. The first kappa shape index (κ1) is 97.4. The highest BCUT2D eigenvalue weighted by molar-refractivity contribution is 7.47. The number of nitrogens with two attached hydrogens (primary N) is 1. The van der Waals surface area contributed by atoms with Crippen LogP contribution in [-0.2, 0) is 32.7 Å². The highest BCUT2D eigenvalue weighted by atomic mass is 31.2. The molecule has 0 amide bonds. The monoisotopic (exact) mass is 1420 g/mol. The van der Waals surface area contributed by atoms with Gasteiger partial charge in [0.15, 0.2) is 6.10 Å². The predicted molar refractivity (Wildman–Crippen MR) is 436 cm³/mol. The minimum atomic E-state index is -4.40. The molecule has 3 N–H and O–H groups in total. The number of allylic oxidation sites excluding steroid dienone is 12. The topological polar surface area (TPSA) is 134 Å². The van der Waals surface area contributed by atoms with Crippen LogP contribution in [0.5, 0.6) is 0 Å². The normalized spacial score (nSPS) is 13.1. The lowest BCUT2D eigenvalue weighted by molar-refractivity contribution is -0.161. The third kappa shape index (κ3) is 84.4. The van der Waals surface area contributed by atoms with Crippen LogP contribution in [-0.4, -0.2) is 49.3 Å². The van der Waals surface area contributed by atoms with E-state index in [1.165, 1.54) is 353 Å². The number of carbonyl (C=O) groups excluding carboxylic acids is 2. The Kier molecular flexibility index (Phi) is 83.2. The second-order valence-electron chi connectivity index (χ2n) is 29.7. The molecule has 0 aliphatic carbocycles. The zero-order chi connectivity index (χ0) is 72.2. The Hall–Kier alpha value is -2.55. The van der Waals surface area contributed by atoms with E-state index in [1.54, 1.807) is 0 Å². The van der Waals surface area contributed by atoms with E-state index in [1.807, 2.05) is 0 Å². The average Bonchev–Trinajstić information content (AvgIpc) is 0.983. The van der Waals surface area contributed by atoms with Gasteiger partial charge in [0.25, 0.3) is 0 Å². The summed E-state index contributed by atoms with van der Waals surface area (Å²) in [4.78, 5) is 35.5. The molecule has 100 heavy (non-hydrogen) atoms. The Morgan fingerprint density at radius 3 is 0.820 bits per heavy atom. The van der Waals surface area contributed by atoms with Gasteiger partial charge in [0.2, 0.25) is 0 Å². The van der Waals surface area contributed by atoms with Crippen LogP contribution in [0.3, 0.4) is 0 Å². The number of hydrogen-bond donors (Lipinski definition) is 2. The van der Waals surface area contributed by atoms with Gasteiger partial charge < -0.3 is 20.1 Å². The zero-order valence-corrected chi connectivity index (χ0v) is 67.3. The molecule has 586 valence electrons. The van der Waals surface area contributed by atoms with Crippen molar-refractivity contribution in [2.45, 2.75) is 463 Å². The van der Waals surface area contributed by atoms with Crippen molar-refractivity contribution in [2.24, 2.45) is 5.73 Å². The third-order valence-corrected chi connectivity index (χ3v) is 20.8. The van der Waals surface area contributed by atoms with Crippen molar-refractivity contribution in [3.8, 4) is 0 Å². The summed E-state index contributed by atoms with van der Waals surface area (Å²) in [6, 6.07) is 0. The van der Waals surface area contributed by atoms with Crippen LogP contribution in [0.1, 0.15) is 457 Å². The summed E-state index contributed by atoms with van der Waals surface area (Å²) < 4.78 is 33.3. The molecule has 0 spiro atoms. The summed E-state index contributed by atoms with van der Waals surface area (Å²) in [7, 11) is -4.40. The minimum Gasteiger partial charge on any atom is -0.462 e. The Balaban J connectivity index is 3.72. The van der Waals surface area contributed by atoms with Gasteiger partial charge in [-0.15, -0.1) is 0 Å². The van der Waals surface area contributed by atoms with Crippen molar-refractivity contribution in [2.75, 3.05) is 26.4 Å². The van der Waals surface area contributed by atoms with Crippen molar-refractivity contribution in [1.82, 2.24) is 0 Å². The Morgan fingerprint density at radius 2 is 0.550 bits per heavy atom. The molecule has 10 heteroatoms. The van der Waals surface area contributed by atoms with E-state index in [2.05, 4.69) is 86.8 Å². The molecule has 0 fully saturated rings. The molecule has 0 aliphatic heterocycles. The lowest BCUT2D eigenvalue weighted by Gasteiger charge is -2.19. The van der Waals surface area contributed by atoms with Crippen LogP contribution < -0.4 is 5.73 Å². The molecule has 0 aliphatic rings. The van der Waals surface area contributed by atoms with Gasteiger partial charge in [-0.2, -0.15) is 0 Å². The first-order chi connectivity index (χ1) is 49.3. The Labute approximate surface area is 622 Å². The van der Waals surface area contributed by atoms with Gasteiger partial charge in [-0.1, -0.05) is 453 Å². The number of esters is 2. The third-order valence-electron chi connectivity index (χ3n) is 19.9. The van der Waals surface area contributed by atoms with Crippen LogP contribution in [0.15, 0.2) is 72.9 Å². The van der Waals surface area contributed by atoms with E-state index in [-0.39, 0.29) is 38.6 Å². The molecule has 0 aromatic carbocycles. The fourth-order valence-corrected chi connectivity index (χ4v) is 14.2. The number of ether oxygens (including phenoxy) is 2. The maximum absolute atomic E-state index is 12.8. The van der Waals surface area contributed by atoms with Crippen LogP contribution in [0.4, 0.5) is 0 Å². The Bertz CT molecular complexity index is 1880. The van der Waals surface area contributed by atoms with Crippen molar-refractivity contribution in [3.05, 3.63) is 72.9 Å². The van der Waals surface area contributed by atoms with E-state index in [0.717, 1.165) is 70.6 Å². The molecule has 2 atom stereocenters. The SMILES string of the molecule is CC/C=C\C/C=C\C/C=C\C/C=C\C/C=C\C/C=C\CCCCCCCCCCCCCCCCCCCCCCCCC(=O)OC(COC(=O)CCCCCCCCCCCCCCCCCCCCCCCCCCCCCCCCCCCCCCCC)COP(=O)(O)OCCN. The van der Waals surface area contributed by atoms with Crippen molar-refractivity contribution in [3.63, 3.8) is 0 Å². The number of phosphoric acid groups is 1. The molecule has 0 radical (unpaired) electrons. The van der Waals surface area contributed by atoms with Crippen LogP contribution >= 0.6 is 7.82 Å². The van der Waals surface area contributed by atoms with Gasteiger partial charge in [0.05, 0.1) is 13.2 Å². The molecular weight excluding hydrogens is 1250 g/mol. The molecule has 0 heterocycles. The average molecular weight is 1420 g/mol. The summed E-state index contributed by atoms with van der Waals surface area (Å²) in [6.07, 6.45) is 115. The van der Waals surface area contributed by atoms with Crippen molar-refractivity contribution < 1.29 is 37.6 Å². The van der Waals surface area contributed by atoms with Crippen molar-refractivity contribution >= 4 is 19.8 Å². The first-order valence-electron chi connectivity index (χ1n) is 43.9. The fourth-order valence-electron chi connectivity index (χ4n) is 13.4. The van der Waals surface area contributed by atoms with E-state index in [0.29, 0.717) is 6.42 Å². The van der Waals surface area contributed by atoms with E-state index in [9.17, 15) is 19.0 Å². The second-order valence-corrected chi connectivity index (χ2v) is 31.2. The lowest BCUT2D eigenvalue weighted by Crippen LogP contribution is -2.29. The van der Waals surface area contributed by atoms with Crippen LogP contribution in [0, 0.1) is 0 Å². The Morgan fingerprint density at radius 1 is 0.310 bits per heavy atom. The predicted octanol–water partition coefficient (Wildman–Crippen LogP) is 29.8. The molecule has 9 nitrogen and oxygen atoms in total. The minimum absolute atomic E-state index is 0.0555. The van der Waals surface area contributed by atoms with E-state index < -0.39 is 26.5 Å². The highest BCUT2D eigenvalue weighted by Gasteiger charge is 2.26. The molecular formula is C90H168NO8P. The quantitative estimate of drug-likeness (QED) is 0.0264. The number of rotatable bonds is 84. The fraction of sp³-hybridized carbons (Fsp3) is 0.844. The van der Waals surface area contributed by atoms with Gasteiger partial charge in [0, 0.05) is 19.4 Å². The molecule has 0 saturated heterocycles. The second kappa shape index (κ2) is 85.4. The summed E-state index contributed by atoms with van der Waals surface area (Å²) >= 11 is 0. The summed E-state index contributed by atoms with van der Waals surface area (Å²) in [5.41, 5.74) is 5.42. The smallest absolute Gasteiger partial charge is 0.462 e. The summed E-state index contributed by atoms with van der Waals surface area (Å²) in [6.45, 7) is 3.72. The number of unbranched alkanes of at least 4 members (excludes halogenated alkanes) is 59. The van der Waals surface area contributed by atoms with Crippen LogP contribution in [0.25, 0.3) is 0 Å². The molecule has 0 rings (SSSR count). The molecule has 0 bridgehead atoms. The zero-order valence-electron chi connectivity index (χ0n) is 66.5. The first-order valence-corrected chi connectivity index (χ1v) is 45.4. The maximum atomic E-state index is 12.8. The van der Waals surface area contributed by atoms with E-state index >= 15 is 0 Å². The van der Waals surface area contributed by atoms with Crippen molar-refractivity contribution in [1.29, 1.82) is 0 Å². The highest BCUT2D eigenvalue weighted by Crippen LogP contribution is 2.43. The van der Waals surface area contributed by atoms with E-state index in [4.69, 9.17) is 24.3 Å². The standard InChI is InChI=1S/C90H168NO8P/c1-3-5-7-9-11-13-15-17-19-21-23-25-27-29-31-33-35-37-39-41-43-44-45-47-49-51-53-55-57-59-61-63-65-67-69-71-73-75-77-79-81-83-90(93)99-88(87-98-100(94,95)97-85-84-91)86-96-89(92)82-80-78-76-74-72-70-68-66-64-62-60-58-56-54-52-50-48-46-42-40-38-36-34-32-30-28-26-24-22-20-18-16-14-12-10-8-6-4-2/h5,7,11,13,17,19,23,25,29,31,35,37,88H,3-4,6,8-10,12,14-16,18,20-22,24,26-28,30,32-34,36,38-87,91H2,1-2H3,(H,94,95)/b7-5-,13-11-,19-17-,25-23-,31-29-,37-35-. The van der Waals surface area contributed by atoms with Gasteiger partial charge in [-0.25, -0.2) is 4.57 Å². The number of hydrogen-bond acceptors (Lipinski definition) is 8. The molecule has 0 saturated carbocycles. The number of carbonyl (C=O) groups is 2. The number of phosphoric ester groups is 1. The molecule has 2 unspecified atom stereocenters. The van der Waals surface area contributed by atoms with Gasteiger partial charge in [-0.05, 0) is 64.2 Å². The van der Waals surface area contributed by atoms with Gasteiger partial charge in [-0.3, -0.25) is 18.6 Å². The summed E-state index contributed by atoms with van der Waals surface area (Å²) in [5, 5.41) is 0. The maximum Gasteiger partial charge on any atom is 0.472 e. The lowest BCUT2D eigenvalue weighted by atomic mass is 10.0. The molecule has 0 aromatic heterocycles.